The SMILES string of the molecule is Cc1ccc(C(=O)C(S)[C@@H](C)C(=O)N2C(C(=O)O)CCC2c2ccccc2O)cc1. The van der Waals surface area contributed by atoms with Crippen LogP contribution in [0.2, 0.25) is 0 Å². The molecule has 3 rings (SSSR count). The lowest BCUT2D eigenvalue weighted by atomic mass is 9.95. The molecule has 0 saturated carbocycles. The minimum atomic E-state index is -1.10. The first kappa shape index (κ1) is 21.9. The van der Waals surface area contributed by atoms with E-state index in [-0.39, 0.29) is 18.0 Å². The van der Waals surface area contributed by atoms with E-state index in [1.165, 1.54) is 11.0 Å². The molecule has 0 aliphatic carbocycles. The van der Waals surface area contributed by atoms with Crippen molar-refractivity contribution < 1.29 is 24.6 Å². The Labute approximate surface area is 180 Å². The number of aromatic hydroxyl groups is 1. The number of carbonyl (C=O) groups excluding carboxylic acids is 2. The largest absolute Gasteiger partial charge is 0.508 e. The van der Waals surface area contributed by atoms with E-state index < -0.39 is 35.1 Å². The summed E-state index contributed by atoms with van der Waals surface area (Å²) in [6, 6.07) is 12.0. The lowest BCUT2D eigenvalue weighted by Gasteiger charge is -2.32. The third-order valence-corrected chi connectivity index (χ3v) is 6.37. The van der Waals surface area contributed by atoms with Gasteiger partial charge in [0.1, 0.15) is 11.8 Å². The second kappa shape index (κ2) is 8.92. The highest BCUT2D eigenvalue weighted by Crippen LogP contribution is 2.41. The summed E-state index contributed by atoms with van der Waals surface area (Å²) in [6.07, 6.45) is 0.687. The van der Waals surface area contributed by atoms with Crippen molar-refractivity contribution in [3.05, 3.63) is 65.2 Å². The Morgan fingerprint density at radius 3 is 2.30 bits per heavy atom. The molecule has 1 heterocycles. The number of rotatable bonds is 6. The number of Topliss-reactive ketones (excluding diaryl/α,β-unsaturated/α-hetero) is 1. The Balaban J connectivity index is 1.88. The van der Waals surface area contributed by atoms with E-state index >= 15 is 0 Å². The molecule has 0 spiro atoms. The Morgan fingerprint density at radius 2 is 1.70 bits per heavy atom. The van der Waals surface area contributed by atoms with Crippen LogP contribution in [0.15, 0.2) is 48.5 Å². The molecular formula is C23H25NO5S. The monoisotopic (exact) mass is 427 g/mol. The zero-order valence-corrected chi connectivity index (χ0v) is 17.8. The average molecular weight is 428 g/mol. The van der Waals surface area contributed by atoms with Gasteiger partial charge in [0.15, 0.2) is 5.78 Å². The first-order chi connectivity index (χ1) is 14.2. The number of nitrogens with zero attached hydrogens (tertiary/aromatic N) is 1. The van der Waals surface area contributed by atoms with E-state index in [0.29, 0.717) is 17.5 Å². The second-order valence-corrected chi connectivity index (χ2v) is 8.27. The third kappa shape index (κ3) is 4.21. The molecule has 2 N–H and O–H groups in total. The summed E-state index contributed by atoms with van der Waals surface area (Å²) in [5, 5.41) is 19.0. The Hall–Kier alpha value is -2.80. The number of ketones is 1. The number of para-hydroxylation sites is 1. The zero-order valence-electron chi connectivity index (χ0n) is 16.9. The van der Waals surface area contributed by atoms with Crippen LogP contribution in [0, 0.1) is 12.8 Å². The van der Waals surface area contributed by atoms with Gasteiger partial charge < -0.3 is 15.1 Å². The first-order valence-corrected chi connectivity index (χ1v) is 10.4. The number of phenols is 1. The summed E-state index contributed by atoms with van der Waals surface area (Å²) in [4.78, 5) is 39.3. The van der Waals surface area contributed by atoms with Crippen molar-refractivity contribution in [2.75, 3.05) is 0 Å². The molecular weight excluding hydrogens is 402 g/mol. The number of amides is 1. The lowest BCUT2D eigenvalue weighted by Crippen LogP contribution is -2.47. The first-order valence-electron chi connectivity index (χ1n) is 9.84. The highest BCUT2D eigenvalue weighted by atomic mass is 32.1. The number of phenolic OH excluding ortho intramolecular Hbond substituents is 1. The number of aryl methyl sites for hydroxylation is 1. The molecule has 1 aliphatic heterocycles. The molecule has 3 unspecified atom stereocenters. The summed E-state index contributed by atoms with van der Waals surface area (Å²) in [5.41, 5.74) is 1.97. The number of carbonyl (C=O) groups is 3. The van der Waals surface area contributed by atoms with Crippen LogP contribution in [0.25, 0.3) is 0 Å². The molecule has 2 aromatic rings. The van der Waals surface area contributed by atoms with Gasteiger partial charge in [-0.15, -0.1) is 0 Å². The highest BCUT2D eigenvalue weighted by molar-refractivity contribution is 7.81. The molecule has 1 fully saturated rings. The fourth-order valence-corrected chi connectivity index (χ4v) is 4.20. The van der Waals surface area contributed by atoms with Crippen LogP contribution in [-0.4, -0.2) is 44.1 Å². The lowest BCUT2D eigenvalue weighted by molar-refractivity contribution is -0.151. The summed E-state index contributed by atoms with van der Waals surface area (Å²) < 4.78 is 0. The maximum absolute atomic E-state index is 13.4. The fourth-order valence-electron chi connectivity index (χ4n) is 3.92. The molecule has 158 valence electrons. The van der Waals surface area contributed by atoms with Gasteiger partial charge in [-0.05, 0) is 25.8 Å². The smallest absolute Gasteiger partial charge is 0.326 e. The molecule has 6 nitrogen and oxygen atoms in total. The molecule has 30 heavy (non-hydrogen) atoms. The summed E-state index contributed by atoms with van der Waals surface area (Å²) in [5.74, 6) is -2.68. The van der Waals surface area contributed by atoms with Crippen molar-refractivity contribution in [2.45, 2.75) is 44.0 Å². The number of hydrogen-bond acceptors (Lipinski definition) is 5. The Kier molecular flexibility index (Phi) is 6.51. The van der Waals surface area contributed by atoms with Gasteiger partial charge in [-0.1, -0.05) is 55.0 Å². The maximum Gasteiger partial charge on any atom is 0.326 e. The molecule has 0 bridgehead atoms. The number of hydrogen-bond donors (Lipinski definition) is 3. The molecule has 1 amide bonds. The van der Waals surface area contributed by atoms with Crippen LogP contribution >= 0.6 is 12.6 Å². The van der Waals surface area contributed by atoms with Crippen LogP contribution < -0.4 is 0 Å². The van der Waals surface area contributed by atoms with Gasteiger partial charge in [0.2, 0.25) is 5.91 Å². The van der Waals surface area contributed by atoms with E-state index in [0.717, 1.165) is 5.56 Å². The highest BCUT2D eigenvalue weighted by Gasteiger charge is 2.45. The van der Waals surface area contributed by atoms with Crippen LogP contribution in [0.4, 0.5) is 0 Å². The van der Waals surface area contributed by atoms with Gasteiger partial charge in [0.05, 0.1) is 17.2 Å². The predicted octanol–water partition coefficient (Wildman–Crippen LogP) is 3.63. The number of aliphatic carboxylic acids is 1. The Morgan fingerprint density at radius 1 is 1.07 bits per heavy atom. The second-order valence-electron chi connectivity index (χ2n) is 7.72. The number of likely N-dealkylation sites (tertiary alicyclic amines) is 1. The van der Waals surface area contributed by atoms with Crippen molar-refractivity contribution in [3.8, 4) is 5.75 Å². The van der Waals surface area contributed by atoms with Crippen molar-refractivity contribution in [1.82, 2.24) is 4.90 Å². The fraction of sp³-hybridized carbons (Fsp3) is 0.348. The Bertz CT molecular complexity index is 958. The van der Waals surface area contributed by atoms with Gasteiger partial charge in [0.25, 0.3) is 0 Å². The van der Waals surface area contributed by atoms with E-state index in [4.69, 9.17) is 0 Å². The van der Waals surface area contributed by atoms with E-state index in [2.05, 4.69) is 12.6 Å². The molecule has 1 aliphatic rings. The van der Waals surface area contributed by atoms with Crippen LogP contribution in [0.1, 0.15) is 47.3 Å². The van der Waals surface area contributed by atoms with E-state index in [1.807, 2.05) is 19.1 Å². The topological polar surface area (TPSA) is 94.9 Å². The molecule has 0 aromatic heterocycles. The van der Waals surface area contributed by atoms with Crippen molar-refractivity contribution in [3.63, 3.8) is 0 Å². The van der Waals surface area contributed by atoms with Gasteiger partial charge in [-0.25, -0.2) is 4.79 Å². The van der Waals surface area contributed by atoms with Crippen LogP contribution in [-0.2, 0) is 9.59 Å². The van der Waals surface area contributed by atoms with Gasteiger partial charge >= 0.3 is 5.97 Å². The quantitative estimate of drug-likeness (QED) is 0.483. The average Bonchev–Trinajstić information content (AvgIpc) is 3.17. The zero-order chi connectivity index (χ0) is 22.0. The van der Waals surface area contributed by atoms with E-state index in [1.54, 1.807) is 37.3 Å². The van der Waals surface area contributed by atoms with Crippen molar-refractivity contribution in [1.29, 1.82) is 0 Å². The minimum Gasteiger partial charge on any atom is -0.508 e. The predicted molar refractivity (Wildman–Crippen MR) is 116 cm³/mol. The number of benzene rings is 2. The standard InChI is InChI=1S/C23H25NO5S/c1-13-7-9-15(10-8-13)20(26)21(30)14(2)22(27)24-17(11-12-18(24)23(28)29)16-5-3-4-6-19(16)25/h3-10,14,17-18,21,25,30H,11-12H2,1-2H3,(H,28,29)/t14-,17?,18?,21?/m1/s1. The molecule has 7 heteroatoms. The van der Waals surface area contributed by atoms with Gasteiger partial charge in [0, 0.05) is 11.1 Å². The van der Waals surface area contributed by atoms with Crippen molar-refractivity contribution in [2.24, 2.45) is 5.92 Å². The third-order valence-electron chi connectivity index (χ3n) is 5.69. The number of thiol groups is 1. The molecule has 1 saturated heterocycles. The minimum absolute atomic E-state index is 0.0112. The molecule has 4 atom stereocenters. The van der Waals surface area contributed by atoms with Crippen LogP contribution in [0.3, 0.4) is 0 Å². The number of carboxylic acids is 1. The van der Waals surface area contributed by atoms with Crippen molar-refractivity contribution >= 4 is 30.3 Å². The summed E-state index contributed by atoms with van der Waals surface area (Å²) in [7, 11) is 0. The number of carboxylic acid groups (broad SMARTS) is 1. The maximum atomic E-state index is 13.4. The normalized spacial score (nSPS) is 20.6. The van der Waals surface area contributed by atoms with Crippen LogP contribution in [0.5, 0.6) is 5.75 Å². The summed E-state index contributed by atoms with van der Waals surface area (Å²) in [6.45, 7) is 3.50. The molecule has 0 radical (unpaired) electrons. The molecule has 2 aromatic carbocycles. The summed E-state index contributed by atoms with van der Waals surface area (Å²) >= 11 is 4.41. The van der Waals surface area contributed by atoms with E-state index in [9.17, 15) is 24.6 Å². The van der Waals surface area contributed by atoms with Gasteiger partial charge in [-0.3, -0.25) is 9.59 Å². The van der Waals surface area contributed by atoms with Gasteiger partial charge in [-0.2, -0.15) is 12.6 Å².